The summed E-state index contributed by atoms with van der Waals surface area (Å²) in [5.41, 5.74) is 2.45. The van der Waals surface area contributed by atoms with Crippen molar-refractivity contribution in [2.75, 3.05) is 17.5 Å². The zero-order valence-electron chi connectivity index (χ0n) is 15.1. The van der Waals surface area contributed by atoms with Crippen LogP contribution < -0.4 is 9.04 Å². The molecule has 0 spiro atoms. The summed E-state index contributed by atoms with van der Waals surface area (Å²) < 4.78 is 33.9. The van der Waals surface area contributed by atoms with Gasteiger partial charge in [-0.15, -0.1) is 11.3 Å². The van der Waals surface area contributed by atoms with Gasteiger partial charge >= 0.3 is 0 Å². The molecule has 2 aromatic heterocycles. The average Bonchev–Trinajstić information content (AvgIpc) is 3.23. The lowest BCUT2D eigenvalue weighted by Crippen LogP contribution is -2.37. The molecule has 0 atom stereocenters. The highest BCUT2D eigenvalue weighted by Crippen LogP contribution is 2.39. The van der Waals surface area contributed by atoms with E-state index in [2.05, 4.69) is 4.98 Å². The first kappa shape index (κ1) is 18.5. The lowest BCUT2D eigenvalue weighted by atomic mass is 10.1. The molecule has 28 heavy (non-hydrogen) atoms. The van der Waals surface area contributed by atoms with Gasteiger partial charge in [0, 0.05) is 16.6 Å². The van der Waals surface area contributed by atoms with Crippen LogP contribution in [0.2, 0.25) is 0 Å². The Morgan fingerprint density at radius 3 is 2.71 bits per heavy atom. The summed E-state index contributed by atoms with van der Waals surface area (Å²) in [4.78, 5) is 5.12. The SMILES string of the molecule is CCc1ccc(S(=O)(=O)N2CCOc3ccc(-c4ccc(C#N)nc4)cc32)s1. The smallest absolute Gasteiger partial charge is 0.274 e. The summed E-state index contributed by atoms with van der Waals surface area (Å²) >= 11 is 1.30. The molecule has 1 aliphatic heterocycles. The number of aryl methyl sites for hydroxylation is 1. The first-order valence-electron chi connectivity index (χ1n) is 8.78. The minimum Gasteiger partial charge on any atom is -0.489 e. The van der Waals surface area contributed by atoms with Gasteiger partial charge in [0.15, 0.2) is 0 Å². The number of rotatable bonds is 4. The molecule has 0 bridgehead atoms. The van der Waals surface area contributed by atoms with Gasteiger partial charge in [0.05, 0.1) is 12.2 Å². The highest BCUT2D eigenvalue weighted by Gasteiger charge is 2.31. The third-order valence-corrected chi connectivity index (χ3v) is 8.03. The highest BCUT2D eigenvalue weighted by atomic mass is 32.2. The van der Waals surface area contributed by atoms with Crippen molar-refractivity contribution < 1.29 is 13.2 Å². The minimum absolute atomic E-state index is 0.254. The summed E-state index contributed by atoms with van der Waals surface area (Å²) in [5, 5.41) is 8.91. The second-order valence-electron chi connectivity index (χ2n) is 6.23. The van der Waals surface area contributed by atoms with E-state index in [9.17, 15) is 8.42 Å². The Morgan fingerprint density at radius 1 is 1.21 bits per heavy atom. The molecule has 0 amide bonds. The molecular formula is C20H17N3O3S2. The normalized spacial score (nSPS) is 13.5. The molecule has 1 aliphatic rings. The molecule has 142 valence electrons. The number of sulfonamides is 1. The van der Waals surface area contributed by atoms with Crippen LogP contribution >= 0.6 is 11.3 Å². The van der Waals surface area contributed by atoms with Crippen molar-refractivity contribution in [2.24, 2.45) is 0 Å². The molecule has 1 aromatic carbocycles. The van der Waals surface area contributed by atoms with Crippen molar-refractivity contribution in [3.8, 4) is 22.9 Å². The van der Waals surface area contributed by atoms with Crippen LogP contribution in [0.4, 0.5) is 5.69 Å². The van der Waals surface area contributed by atoms with Crippen LogP contribution in [0.1, 0.15) is 17.5 Å². The maximum Gasteiger partial charge on any atom is 0.274 e. The maximum atomic E-state index is 13.2. The van der Waals surface area contributed by atoms with Crippen molar-refractivity contribution in [1.29, 1.82) is 5.26 Å². The zero-order valence-corrected chi connectivity index (χ0v) is 16.8. The summed E-state index contributed by atoms with van der Waals surface area (Å²) in [7, 11) is -3.66. The van der Waals surface area contributed by atoms with Crippen LogP contribution in [0.5, 0.6) is 5.75 Å². The number of benzene rings is 1. The lowest BCUT2D eigenvalue weighted by Gasteiger charge is -2.30. The van der Waals surface area contributed by atoms with Crippen LogP contribution in [0.3, 0.4) is 0 Å². The number of hydrogen-bond acceptors (Lipinski definition) is 6. The second kappa shape index (κ2) is 7.26. The number of hydrogen-bond donors (Lipinski definition) is 0. The van der Waals surface area contributed by atoms with Crippen molar-refractivity contribution >= 4 is 27.0 Å². The zero-order chi connectivity index (χ0) is 19.7. The van der Waals surface area contributed by atoms with Crippen LogP contribution in [-0.2, 0) is 16.4 Å². The molecule has 0 radical (unpaired) electrons. The van der Waals surface area contributed by atoms with Gasteiger partial charge in [-0.3, -0.25) is 4.31 Å². The Balaban J connectivity index is 1.76. The van der Waals surface area contributed by atoms with Crippen molar-refractivity contribution in [3.63, 3.8) is 0 Å². The van der Waals surface area contributed by atoms with Crippen molar-refractivity contribution in [3.05, 3.63) is 59.2 Å². The van der Waals surface area contributed by atoms with Crippen molar-refractivity contribution in [1.82, 2.24) is 4.98 Å². The maximum absolute atomic E-state index is 13.2. The lowest BCUT2D eigenvalue weighted by molar-refractivity contribution is 0.316. The number of anilines is 1. The third-order valence-electron chi connectivity index (χ3n) is 4.52. The monoisotopic (exact) mass is 411 g/mol. The predicted molar refractivity (Wildman–Crippen MR) is 108 cm³/mol. The molecular weight excluding hydrogens is 394 g/mol. The topological polar surface area (TPSA) is 83.3 Å². The molecule has 0 saturated carbocycles. The van der Waals surface area contributed by atoms with Crippen LogP contribution in [0.15, 0.2) is 52.9 Å². The molecule has 0 saturated heterocycles. The van der Waals surface area contributed by atoms with Gasteiger partial charge in [-0.2, -0.15) is 5.26 Å². The number of nitriles is 1. The van der Waals surface area contributed by atoms with E-state index in [1.165, 1.54) is 15.6 Å². The van der Waals surface area contributed by atoms with Gasteiger partial charge in [0.1, 0.15) is 28.3 Å². The quantitative estimate of drug-likeness (QED) is 0.651. The first-order valence-corrected chi connectivity index (χ1v) is 11.0. The number of ether oxygens (including phenoxy) is 1. The average molecular weight is 412 g/mol. The molecule has 0 N–H and O–H groups in total. The van der Waals surface area contributed by atoms with E-state index in [0.29, 0.717) is 27.9 Å². The van der Waals surface area contributed by atoms with Gasteiger partial charge in [0.2, 0.25) is 0 Å². The predicted octanol–water partition coefficient (Wildman–Crippen LogP) is 3.83. The van der Waals surface area contributed by atoms with Gasteiger partial charge in [-0.25, -0.2) is 13.4 Å². The van der Waals surface area contributed by atoms with E-state index in [0.717, 1.165) is 22.4 Å². The van der Waals surface area contributed by atoms with E-state index in [1.807, 2.05) is 25.1 Å². The molecule has 6 nitrogen and oxygen atoms in total. The van der Waals surface area contributed by atoms with Crippen molar-refractivity contribution in [2.45, 2.75) is 17.6 Å². The summed E-state index contributed by atoms with van der Waals surface area (Å²) in [6.45, 7) is 2.56. The number of fused-ring (bicyclic) bond motifs is 1. The van der Waals surface area contributed by atoms with Gasteiger partial charge < -0.3 is 4.74 Å². The van der Waals surface area contributed by atoms with E-state index >= 15 is 0 Å². The number of thiophene rings is 1. The summed E-state index contributed by atoms with van der Waals surface area (Å²) in [6.07, 6.45) is 2.41. The number of aromatic nitrogens is 1. The fraction of sp³-hybridized carbons (Fsp3) is 0.200. The number of pyridine rings is 1. The first-order chi connectivity index (χ1) is 13.5. The van der Waals surface area contributed by atoms with E-state index in [-0.39, 0.29) is 6.54 Å². The van der Waals surface area contributed by atoms with Gasteiger partial charge in [0.25, 0.3) is 10.0 Å². The van der Waals surface area contributed by atoms with Gasteiger partial charge in [-0.05, 0) is 48.4 Å². The standard InChI is InChI=1S/C20H17N3O3S2/c1-2-17-6-8-20(27-17)28(24,25)23-9-10-26-19-7-4-14(11-18(19)23)15-3-5-16(12-21)22-13-15/h3-8,11,13H,2,9-10H2,1H3. The minimum atomic E-state index is -3.66. The Bertz CT molecular complexity index is 1160. The Labute approximate surface area is 167 Å². The van der Waals surface area contributed by atoms with Crippen LogP contribution in [0.25, 0.3) is 11.1 Å². The Morgan fingerprint density at radius 2 is 2.04 bits per heavy atom. The molecule has 0 aliphatic carbocycles. The molecule has 4 rings (SSSR count). The summed E-state index contributed by atoms with van der Waals surface area (Å²) in [5.74, 6) is 0.535. The van der Waals surface area contributed by atoms with E-state index in [4.69, 9.17) is 10.00 Å². The number of nitrogens with zero attached hydrogens (tertiary/aromatic N) is 3. The molecule has 0 unspecified atom stereocenters. The molecule has 3 heterocycles. The Hall–Kier alpha value is -2.89. The largest absolute Gasteiger partial charge is 0.489 e. The third kappa shape index (κ3) is 3.23. The summed E-state index contributed by atoms with van der Waals surface area (Å²) in [6, 6.07) is 14.4. The van der Waals surface area contributed by atoms with Crippen LogP contribution in [0, 0.1) is 11.3 Å². The Kier molecular flexibility index (Phi) is 4.79. The van der Waals surface area contributed by atoms with E-state index in [1.54, 1.807) is 36.5 Å². The second-order valence-corrected chi connectivity index (χ2v) is 9.48. The highest BCUT2D eigenvalue weighted by molar-refractivity contribution is 7.94. The fourth-order valence-corrected chi connectivity index (χ4v) is 5.91. The molecule has 3 aromatic rings. The van der Waals surface area contributed by atoms with Crippen LogP contribution in [-0.4, -0.2) is 26.6 Å². The van der Waals surface area contributed by atoms with E-state index < -0.39 is 10.0 Å². The molecule has 0 fully saturated rings. The fourth-order valence-electron chi connectivity index (χ4n) is 3.05. The molecule has 8 heteroatoms. The van der Waals surface area contributed by atoms with Gasteiger partial charge in [-0.1, -0.05) is 13.0 Å².